The molecule has 25 heavy (non-hydrogen) atoms. The molecule has 1 saturated carbocycles. The molecule has 2 heterocycles. The first-order chi connectivity index (χ1) is 11.2. The summed E-state index contributed by atoms with van der Waals surface area (Å²) in [6.07, 6.45) is 5.85. The Kier molecular flexibility index (Phi) is 8.93. The molecule has 6 nitrogen and oxygen atoms in total. The molecule has 0 aromatic carbocycles. The van der Waals surface area contributed by atoms with Crippen LogP contribution in [-0.4, -0.2) is 43.7 Å². The van der Waals surface area contributed by atoms with E-state index in [-0.39, 0.29) is 36.1 Å². The number of pyridine rings is 1. The number of carbonyl (C=O) groups is 1. The third-order valence-corrected chi connectivity index (χ3v) is 5.03. The van der Waals surface area contributed by atoms with Crippen LogP contribution in [0.5, 0.6) is 0 Å². The molecule has 3 rings (SSSR count). The number of ether oxygens (including phenoxy) is 1. The second-order valence-corrected chi connectivity index (χ2v) is 6.50. The van der Waals surface area contributed by atoms with E-state index in [1.807, 2.05) is 18.3 Å². The predicted molar refractivity (Wildman–Crippen MR) is 104 cm³/mol. The van der Waals surface area contributed by atoms with Gasteiger partial charge in [-0.15, -0.1) is 24.8 Å². The lowest BCUT2D eigenvalue weighted by Crippen LogP contribution is -2.43. The monoisotopic (exact) mass is 390 g/mol. The van der Waals surface area contributed by atoms with E-state index in [0.29, 0.717) is 13.1 Å². The lowest BCUT2D eigenvalue weighted by atomic mass is 9.85. The zero-order valence-corrected chi connectivity index (χ0v) is 16.0. The highest BCUT2D eigenvalue weighted by molar-refractivity contribution is 5.85. The molecule has 0 unspecified atom stereocenters. The summed E-state index contributed by atoms with van der Waals surface area (Å²) in [6, 6.07) is 4.04. The van der Waals surface area contributed by atoms with Gasteiger partial charge in [0.2, 0.25) is 5.91 Å². The van der Waals surface area contributed by atoms with Crippen LogP contribution in [0.4, 0.5) is 5.82 Å². The zero-order chi connectivity index (χ0) is 16.1. The number of rotatable bonds is 5. The molecular formula is C17H28Cl2N4O2. The topological polar surface area (TPSA) is 80.5 Å². The molecule has 1 amide bonds. The molecule has 1 saturated heterocycles. The fourth-order valence-corrected chi connectivity index (χ4v) is 3.45. The van der Waals surface area contributed by atoms with Crippen molar-refractivity contribution in [2.45, 2.75) is 32.2 Å². The zero-order valence-electron chi connectivity index (χ0n) is 14.4. The number of nitrogens with two attached hydrogens (primary N) is 1. The van der Waals surface area contributed by atoms with Crippen LogP contribution in [-0.2, 0) is 16.1 Å². The maximum Gasteiger partial charge on any atom is 0.227 e. The Morgan fingerprint density at radius 2 is 1.92 bits per heavy atom. The smallest absolute Gasteiger partial charge is 0.227 e. The number of amides is 1. The second kappa shape index (κ2) is 10.2. The maximum atomic E-state index is 12.5. The van der Waals surface area contributed by atoms with E-state index in [1.54, 1.807) is 0 Å². The molecule has 0 spiro atoms. The van der Waals surface area contributed by atoms with Crippen LogP contribution in [0.1, 0.15) is 31.2 Å². The maximum absolute atomic E-state index is 12.5. The van der Waals surface area contributed by atoms with E-state index in [1.165, 1.54) is 0 Å². The van der Waals surface area contributed by atoms with Gasteiger partial charge in [0.25, 0.3) is 0 Å². The number of anilines is 1. The highest BCUT2D eigenvalue weighted by Gasteiger charge is 2.39. The molecule has 0 bridgehead atoms. The summed E-state index contributed by atoms with van der Waals surface area (Å²) < 4.78 is 5.35. The average Bonchev–Trinajstić information content (AvgIpc) is 3.11. The standard InChI is InChI=1S/C17H26N4O2.2ClH/c18-13-17(5-1-2-6-17)16(22)20-12-14-3-4-15(19-11-14)21-7-9-23-10-8-21;;/h3-4,11H,1-2,5-10,12-13,18H2,(H,20,22);2*1H. The molecule has 1 aliphatic heterocycles. The number of carbonyl (C=O) groups excluding carboxylic acids is 1. The fraction of sp³-hybridized carbons (Fsp3) is 0.647. The summed E-state index contributed by atoms with van der Waals surface area (Å²) in [4.78, 5) is 19.2. The third kappa shape index (κ3) is 5.20. The number of hydrogen-bond donors (Lipinski definition) is 2. The molecular weight excluding hydrogens is 363 g/mol. The van der Waals surface area contributed by atoms with Crippen molar-refractivity contribution in [3.8, 4) is 0 Å². The van der Waals surface area contributed by atoms with E-state index < -0.39 is 0 Å². The number of nitrogens with one attached hydrogen (secondary N) is 1. The summed E-state index contributed by atoms with van der Waals surface area (Å²) in [7, 11) is 0. The van der Waals surface area contributed by atoms with Crippen LogP contribution in [0.2, 0.25) is 0 Å². The van der Waals surface area contributed by atoms with Gasteiger partial charge >= 0.3 is 0 Å². The van der Waals surface area contributed by atoms with Crippen molar-refractivity contribution >= 4 is 36.5 Å². The van der Waals surface area contributed by atoms with Crippen molar-refractivity contribution in [1.29, 1.82) is 0 Å². The van der Waals surface area contributed by atoms with Crippen LogP contribution < -0.4 is 16.0 Å². The van der Waals surface area contributed by atoms with E-state index in [9.17, 15) is 4.79 Å². The molecule has 2 aliphatic rings. The first-order valence-electron chi connectivity index (χ1n) is 8.49. The number of morpholine rings is 1. The van der Waals surface area contributed by atoms with Gasteiger partial charge in [-0.25, -0.2) is 4.98 Å². The molecule has 1 aliphatic carbocycles. The van der Waals surface area contributed by atoms with Crippen LogP contribution in [0.25, 0.3) is 0 Å². The van der Waals surface area contributed by atoms with Gasteiger partial charge in [-0.3, -0.25) is 4.79 Å². The molecule has 1 aromatic rings. The summed E-state index contributed by atoms with van der Waals surface area (Å²) >= 11 is 0. The van der Waals surface area contributed by atoms with Crippen LogP contribution in [0, 0.1) is 5.41 Å². The minimum absolute atomic E-state index is 0. The number of nitrogens with zero attached hydrogens (tertiary/aromatic N) is 2. The third-order valence-electron chi connectivity index (χ3n) is 5.03. The number of aromatic nitrogens is 1. The fourth-order valence-electron chi connectivity index (χ4n) is 3.45. The Balaban J connectivity index is 0.00000156. The average molecular weight is 391 g/mol. The lowest BCUT2D eigenvalue weighted by Gasteiger charge is -2.28. The first-order valence-corrected chi connectivity index (χ1v) is 8.49. The molecule has 8 heteroatoms. The van der Waals surface area contributed by atoms with Gasteiger partial charge in [0.1, 0.15) is 5.82 Å². The first kappa shape index (κ1) is 22.0. The Bertz CT molecular complexity index is 530. The van der Waals surface area contributed by atoms with Crippen LogP contribution in [0.3, 0.4) is 0 Å². The van der Waals surface area contributed by atoms with Gasteiger partial charge in [0.15, 0.2) is 0 Å². The van der Waals surface area contributed by atoms with Crippen LogP contribution >= 0.6 is 24.8 Å². The number of hydrogen-bond acceptors (Lipinski definition) is 5. The normalized spacial score (nSPS) is 18.8. The van der Waals surface area contributed by atoms with Gasteiger partial charge < -0.3 is 20.7 Å². The Hall–Kier alpha value is -1.08. The summed E-state index contributed by atoms with van der Waals surface area (Å²) in [5, 5.41) is 3.04. The summed E-state index contributed by atoms with van der Waals surface area (Å²) in [6.45, 7) is 4.20. The van der Waals surface area contributed by atoms with Gasteiger partial charge in [0, 0.05) is 32.4 Å². The molecule has 142 valence electrons. The Labute approximate surface area is 161 Å². The minimum Gasteiger partial charge on any atom is -0.378 e. The molecule has 1 aromatic heterocycles. The van der Waals surface area contributed by atoms with E-state index in [2.05, 4.69) is 15.2 Å². The van der Waals surface area contributed by atoms with E-state index >= 15 is 0 Å². The Morgan fingerprint density at radius 1 is 1.24 bits per heavy atom. The lowest BCUT2D eigenvalue weighted by molar-refractivity contribution is -0.130. The molecule has 2 fully saturated rings. The van der Waals surface area contributed by atoms with E-state index in [4.69, 9.17) is 10.5 Å². The quantitative estimate of drug-likeness (QED) is 0.802. The highest BCUT2D eigenvalue weighted by Crippen LogP contribution is 2.37. The second-order valence-electron chi connectivity index (χ2n) is 6.50. The predicted octanol–water partition coefficient (Wildman–Crippen LogP) is 1.90. The SMILES string of the molecule is Cl.Cl.NCC1(C(=O)NCc2ccc(N3CCOCC3)nc2)CCCC1. The Morgan fingerprint density at radius 3 is 2.48 bits per heavy atom. The van der Waals surface area contributed by atoms with Crippen molar-refractivity contribution in [2.75, 3.05) is 37.7 Å². The minimum atomic E-state index is -0.346. The highest BCUT2D eigenvalue weighted by atomic mass is 35.5. The van der Waals surface area contributed by atoms with Gasteiger partial charge in [-0.05, 0) is 24.5 Å². The number of halogens is 2. The molecule has 0 radical (unpaired) electrons. The largest absolute Gasteiger partial charge is 0.378 e. The molecule has 3 N–H and O–H groups in total. The van der Waals surface area contributed by atoms with E-state index in [0.717, 1.165) is 63.4 Å². The van der Waals surface area contributed by atoms with Crippen molar-refractivity contribution in [1.82, 2.24) is 10.3 Å². The van der Waals surface area contributed by atoms with Crippen molar-refractivity contribution in [3.05, 3.63) is 23.9 Å². The molecule has 0 atom stereocenters. The summed E-state index contributed by atoms with van der Waals surface area (Å²) in [5.41, 5.74) is 6.52. The van der Waals surface area contributed by atoms with Crippen LogP contribution in [0.15, 0.2) is 18.3 Å². The van der Waals surface area contributed by atoms with Crippen molar-refractivity contribution in [2.24, 2.45) is 11.1 Å². The summed E-state index contributed by atoms with van der Waals surface area (Å²) in [5.74, 6) is 1.06. The van der Waals surface area contributed by atoms with Crippen molar-refractivity contribution < 1.29 is 9.53 Å². The van der Waals surface area contributed by atoms with Gasteiger partial charge in [-0.1, -0.05) is 18.9 Å². The van der Waals surface area contributed by atoms with Crippen molar-refractivity contribution in [3.63, 3.8) is 0 Å². The van der Waals surface area contributed by atoms with Gasteiger partial charge in [0.05, 0.1) is 18.6 Å². The van der Waals surface area contributed by atoms with Gasteiger partial charge in [-0.2, -0.15) is 0 Å².